The second kappa shape index (κ2) is 5.16. The Balaban J connectivity index is 2.28. The SMILES string of the molecule is CCC(C)(CN)C(O)c1ccc2c(c1)OCCO2. The van der Waals surface area contributed by atoms with Crippen molar-refractivity contribution in [3.05, 3.63) is 23.8 Å². The molecule has 0 spiro atoms. The standard InChI is InChI=1S/C14H21NO3/c1-3-14(2,9-15)13(16)10-4-5-11-12(8-10)18-7-6-17-11/h4-5,8,13,16H,3,6-7,9,15H2,1-2H3. The first-order valence-electron chi connectivity index (χ1n) is 6.38. The van der Waals surface area contributed by atoms with Crippen molar-refractivity contribution in [2.24, 2.45) is 11.1 Å². The summed E-state index contributed by atoms with van der Waals surface area (Å²) in [5, 5.41) is 10.5. The molecule has 1 aliphatic heterocycles. The van der Waals surface area contributed by atoms with Gasteiger partial charge in [-0.1, -0.05) is 19.9 Å². The highest BCUT2D eigenvalue weighted by Gasteiger charge is 2.31. The molecular weight excluding hydrogens is 230 g/mol. The van der Waals surface area contributed by atoms with E-state index in [9.17, 15) is 5.11 Å². The monoisotopic (exact) mass is 251 g/mol. The zero-order valence-corrected chi connectivity index (χ0v) is 11.0. The number of rotatable bonds is 4. The van der Waals surface area contributed by atoms with E-state index in [4.69, 9.17) is 15.2 Å². The third-order valence-corrected chi connectivity index (χ3v) is 3.82. The molecule has 4 nitrogen and oxygen atoms in total. The van der Waals surface area contributed by atoms with Crippen molar-refractivity contribution in [2.45, 2.75) is 26.4 Å². The van der Waals surface area contributed by atoms with E-state index in [1.807, 2.05) is 32.0 Å². The molecule has 2 atom stereocenters. The molecule has 2 unspecified atom stereocenters. The molecule has 0 bridgehead atoms. The number of aliphatic hydroxyl groups excluding tert-OH is 1. The van der Waals surface area contributed by atoms with Gasteiger partial charge in [0.05, 0.1) is 6.10 Å². The summed E-state index contributed by atoms with van der Waals surface area (Å²) in [6.45, 7) is 5.60. The summed E-state index contributed by atoms with van der Waals surface area (Å²) in [6, 6.07) is 5.57. The van der Waals surface area contributed by atoms with Crippen LogP contribution < -0.4 is 15.2 Å². The summed E-state index contributed by atoms with van der Waals surface area (Å²) in [5.41, 5.74) is 6.29. The van der Waals surface area contributed by atoms with Gasteiger partial charge in [-0.3, -0.25) is 0 Å². The van der Waals surface area contributed by atoms with E-state index in [0.717, 1.165) is 17.7 Å². The van der Waals surface area contributed by atoms with Crippen molar-refractivity contribution in [2.75, 3.05) is 19.8 Å². The molecule has 0 saturated heterocycles. The van der Waals surface area contributed by atoms with Crippen molar-refractivity contribution in [3.63, 3.8) is 0 Å². The lowest BCUT2D eigenvalue weighted by Crippen LogP contribution is -2.33. The maximum absolute atomic E-state index is 10.5. The maximum atomic E-state index is 10.5. The molecule has 0 saturated carbocycles. The van der Waals surface area contributed by atoms with Gasteiger partial charge in [0.15, 0.2) is 11.5 Å². The van der Waals surface area contributed by atoms with Crippen LogP contribution in [-0.2, 0) is 0 Å². The molecule has 18 heavy (non-hydrogen) atoms. The topological polar surface area (TPSA) is 64.7 Å². The minimum atomic E-state index is -0.594. The van der Waals surface area contributed by atoms with Crippen LogP contribution in [0.4, 0.5) is 0 Å². The zero-order valence-electron chi connectivity index (χ0n) is 11.0. The van der Waals surface area contributed by atoms with Gasteiger partial charge in [-0.15, -0.1) is 0 Å². The second-order valence-corrected chi connectivity index (χ2v) is 5.02. The Bertz CT molecular complexity index is 416. The number of aliphatic hydroxyl groups is 1. The summed E-state index contributed by atoms with van der Waals surface area (Å²) in [7, 11) is 0. The molecule has 0 radical (unpaired) electrons. The summed E-state index contributed by atoms with van der Waals surface area (Å²) in [4.78, 5) is 0. The Hall–Kier alpha value is -1.26. The van der Waals surface area contributed by atoms with Crippen molar-refractivity contribution in [1.82, 2.24) is 0 Å². The van der Waals surface area contributed by atoms with Crippen molar-refractivity contribution in [3.8, 4) is 11.5 Å². The maximum Gasteiger partial charge on any atom is 0.161 e. The smallest absolute Gasteiger partial charge is 0.161 e. The van der Waals surface area contributed by atoms with E-state index >= 15 is 0 Å². The number of hydrogen-bond acceptors (Lipinski definition) is 4. The van der Waals surface area contributed by atoms with E-state index in [0.29, 0.717) is 25.5 Å². The van der Waals surface area contributed by atoms with Gasteiger partial charge in [-0.05, 0) is 24.1 Å². The van der Waals surface area contributed by atoms with Gasteiger partial charge in [-0.2, -0.15) is 0 Å². The van der Waals surface area contributed by atoms with Gasteiger partial charge in [0.1, 0.15) is 13.2 Å². The van der Waals surface area contributed by atoms with E-state index in [2.05, 4.69) is 0 Å². The number of nitrogens with two attached hydrogens (primary N) is 1. The zero-order chi connectivity index (χ0) is 13.2. The highest BCUT2D eigenvalue weighted by Crippen LogP contribution is 2.39. The van der Waals surface area contributed by atoms with E-state index in [1.165, 1.54) is 0 Å². The Kier molecular flexibility index (Phi) is 3.78. The highest BCUT2D eigenvalue weighted by atomic mass is 16.6. The van der Waals surface area contributed by atoms with E-state index < -0.39 is 6.10 Å². The lowest BCUT2D eigenvalue weighted by molar-refractivity contribution is 0.0387. The lowest BCUT2D eigenvalue weighted by Gasteiger charge is -2.33. The molecule has 4 heteroatoms. The molecule has 1 aromatic rings. The van der Waals surface area contributed by atoms with Crippen LogP contribution in [0.15, 0.2) is 18.2 Å². The van der Waals surface area contributed by atoms with Crippen LogP contribution in [0.25, 0.3) is 0 Å². The lowest BCUT2D eigenvalue weighted by atomic mass is 9.78. The molecule has 100 valence electrons. The summed E-state index contributed by atoms with van der Waals surface area (Å²) in [6.07, 6.45) is 0.224. The van der Waals surface area contributed by atoms with Crippen LogP contribution >= 0.6 is 0 Å². The first kappa shape index (κ1) is 13.2. The van der Waals surface area contributed by atoms with E-state index in [1.54, 1.807) is 0 Å². The molecule has 1 aromatic carbocycles. The largest absolute Gasteiger partial charge is 0.486 e. The van der Waals surface area contributed by atoms with Crippen molar-refractivity contribution < 1.29 is 14.6 Å². The van der Waals surface area contributed by atoms with Gasteiger partial charge in [-0.25, -0.2) is 0 Å². The predicted molar refractivity (Wildman–Crippen MR) is 69.8 cm³/mol. The predicted octanol–water partition coefficient (Wildman–Crippen LogP) is 1.87. The molecule has 0 amide bonds. The van der Waals surface area contributed by atoms with Gasteiger partial charge >= 0.3 is 0 Å². The van der Waals surface area contributed by atoms with Gasteiger partial charge in [0.25, 0.3) is 0 Å². The van der Waals surface area contributed by atoms with Crippen LogP contribution in [0.2, 0.25) is 0 Å². The summed E-state index contributed by atoms with van der Waals surface area (Å²) < 4.78 is 11.0. The quantitative estimate of drug-likeness (QED) is 0.857. The molecular formula is C14H21NO3. The fraction of sp³-hybridized carbons (Fsp3) is 0.571. The molecule has 3 N–H and O–H groups in total. The van der Waals surface area contributed by atoms with Crippen LogP contribution in [0.3, 0.4) is 0 Å². The Morgan fingerprint density at radius 3 is 2.61 bits per heavy atom. The second-order valence-electron chi connectivity index (χ2n) is 5.02. The number of hydrogen-bond donors (Lipinski definition) is 2. The van der Waals surface area contributed by atoms with Gasteiger partial charge in [0.2, 0.25) is 0 Å². The van der Waals surface area contributed by atoms with Gasteiger partial charge < -0.3 is 20.3 Å². The molecule has 0 aromatic heterocycles. The summed E-state index contributed by atoms with van der Waals surface area (Å²) in [5.74, 6) is 1.44. The molecule has 1 aliphatic rings. The fourth-order valence-corrected chi connectivity index (χ4v) is 2.08. The molecule has 0 fully saturated rings. The summed E-state index contributed by atoms with van der Waals surface area (Å²) >= 11 is 0. The van der Waals surface area contributed by atoms with Crippen LogP contribution in [0.1, 0.15) is 31.9 Å². The third-order valence-electron chi connectivity index (χ3n) is 3.82. The molecule has 2 rings (SSSR count). The Morgan fingerprint density at radius 2 is 2.00 bits per heavy atom. The average Bonchev–Trinajstić information content (AvgIpc) is 2.45. The fourth-order valence-electron chi connectivity index (χ4n) is 2.08. The minimum absolute atomic E-state index is 0.316. The van der Waals surface area contributed by atoms with Crippen LogP contribution in [0, 0.1) is 5.41 Å². The third kappa shape index (κ3) is 2.31. The minimum Gasteiger partial charge on any atom is -0.486 e. The Labute approximate surface area is 108 Å². The number of fused-ring (bicyclic) bond motifs is 1. The highest BCUT2D eigenvalue weighted by molar-refractivity contribution is 5.44. The molecule has 1 heterocycles. The van der Waals surface area contributed by atoms with Crippen LogP contribution in [0.5, 0.6) is 11.5 Å². The average molecular weight is 251 g/mol. The van der Waals surface area contributed by atoms with Gasteiger partial charge in [0, 0.05) is 12.0 Å². The van der Waals surface area contributed by atoms with Crippen LogP contribution in [-0.4, -0.2) is 24.9 Å². The number of ether oxygens (including phenoxy) is 2. The van der Waals surface area contributed by atoms with Crippen molar-refractivity contribution in [1.29, 1.82) is 0 Å². The Morgan fingerprint density at radius 1 is 1.33 bits per heavy atom. The molecule has 0 aliphatic carbocycles. The first-order valence-corrected chi connectivity index (χ1v) is 6.38. The number of benzene rings is 1. The first-order chi connectivity index (χ1) is 8.60. The van der Waals surface area contributed by atoms with Crippen molar-refractivity contribution >= 4 is 0 Å². The van der Waals surface area contributed by atoms with E-state index in [-0.39, 0.29) is 5.41 Å². The normalized spacial score (nSPS) is 19.1.